The van der Waals surface area contributed by atoms with Crippen molar-refractivity contribution in [3.05, 3.63) is 27.8 Å². The van der Waals surface area contributed by atoms with Crippen LogP contribution in [0.3, 0.4) is 0 Å². The number of hydrogen-bond donors (Lipinski definition) is 0. The van der Waals surface area contributed by atoms with Gasteiger partial charge in [-0.3, -0.25) is 0 Å². The van der Waals surface area contributed by atoms with E-state index in [0.717, 1.165) is 34.3 Å². The van der Waals surface area contributed by atoms with Crippen molar-refractivity contribution in [3.63, 3.8) is 0 Å². The lowest BCUT2D eigenvalue weighted by atomic mass is 10.3. The lowest BCUT2D eigenvalue weighted by molar-refractivity contribution is 0.384. The molecule has 0 atom stereocenters. The van der Waals surface area contributed by atoms with E-state index in [2.05, 4.69) is 35.7 Å². The topological polar surface area (TPSA) is 69.6 Å². The Morgan fingerprint density at radius 2 is 1.56 bits per heavy atom. The van der Waals surface area contributed by atoms with Crippen LogP contribution in [0.25, 0.3) is 0 Å². The van der Waals surface area contributed by atoms with Gasteiger partial charge in [-0.05, 0) is 47.8 Å². The molecule has 0 aromatic carbocycles. The summed E-state index contributed by atoms with van der Waals surface area (Å²) in [5.41, 5.74) is 0. The Bertz CT molecular complexity index is 919. The van der Waals surface area contributed by atoms with Gasteiger partial charge in [-0.25, -0.2) is 18.4 Å². The quantitative estimate of drug-likeness (QED) is 0.682. The third-order valence-electron chi connectivity index (χ3n) is 4.95. The van der Waals surface area contributed by atoms with Gasteiger partial charge in [0.05, 0.1) is 3.79 Å². The SMILES string of the molecule is Cc1nc(N2CCCC2)cc(N2CCN(S(=O)(=O)c3ccc(Br)s3)CC2)n1. The van der Waals surface area contributed by atoms with Crippen LogP contribution in [0.4, 0.5) is 11.6 Å². The lowest BCUT2D eigenvalue weighted by Gasteiger charge is -2.34. The standard InChI is InChI=1S/C17H22BrN5O2S2/c1-13-19-15(21-6-2-3-7-21)12-16(20-13)22-8-10-23(11-9-22)27(24,25)17-5-4-14(18)26-17/h4-5,12H,2-3,6-11H2,1H3. The van der Waals surface area contributed by atoms with Crippen LogP contribution in [-0.2, 0) is 10.0 Å². The molecule has 4 rings (SSSR count). The molecule has 2 aromatic rings. The van der Waals surface area contributed by atoms with E-state index in [1.54, 1.807) is 16.4 Å². The summed E-state index contributed by atoms with van der Waals surface area (Å²) < 4.78 is 28.4. The maximum atomic E-state index is 12.8. The Morgan fingerprint density at radius 1 is 0.963 bits per heavy atom. The number of piperazine rings is 1. The van der Waals surface area contributed by atoms with Crippen molar-refractivity contribution < 1.29 is 8.42 Å². The Labute approximate surface area is 172 Å². The second kappa shape index (κ2) is 7.65. The molecule has 0 radical (unpaired) electrons. The van der Waals surface area contributed by atoms with Crippen LogP contribution in [0, 0.1) is 6.92 Å². The van der Waals surface area contributed by atoms with Gasteiger partial charge >= 0.3 is 0 Å². The highest BCUT2D eigenvalue weighted by Gasteiger charge is 2.30. The number of sulfonamides is 1. The van der Waals surface area contributed by atoms with E-state index in [0.29, 0.717) is 30.4 Å². The van der Waals surface area contributed by atoms with Crippen LogP contribution in [0.5, 0.6) is 0 Å². The smallest absolute Gasteiger partial charge is 0.252 e. The fraction of sp³-hybridized carbons (Fsp3) is 0.529. The molecule has 2 fully saturated rings. The van der Waals surface area contributed by atoms with E-state index >= 15 is 0 Å². The van der Waals surface area contributed by atoms with E-state index in [-0.39, 0.29) is 0 Å². The van der Waals surface area contributed by atoms with Crippen molar-refractivity contribution in [2.45, 2.75) is 24.0 Å². The van der Waals surface area contributed by atoms with Crippen molar-refractivity contribution in [1.82, 2.24) is 14.3 Å². The molecule has 0 amide bonds. The molecule has 0 N–H and O–H groups in total. The van der Waals surface area contributed by atoms with Crippen molar-refractivity contribution in [3.8, 4) is 0 Å². The first-order valence-electron chi connectivity index (χ1n) is 9.04. The fourth-order valence-electron chi connectivity index (χ4n) is 3.53. The normalized spacial score (nSPS) is 19.0. The first kappa shape index (κ1) is 19.1. The monoisotopic (exact) mass is 471 g/mol. The third-order valence-corrected chi connectivity index (χ3v) is 8.94. The predicted octanol–water partition coefficient (Wildman–Crippen LogP) is 2.72. The number of aromatic nitrogens is 2. The van der Waals surface area contributed by atoms with E-state index < -0.39 is 10.0 Å². The highest BCUT2D eigenvalue weighted by molar-refractivity contribution is 9.11. The molecular weight excluding hydrogens is 450 g/mol. The van der Waals surface area contributed by atoms with Crippen LogP contribution >= 0.6 is 27.3 Å². The number of rotatable bonds is 4. The summed E-state index contributed by atoms with van der Waals surface area (Å²) in [6.07, 6.45) is 2.40. The average Bonchev–Trinajstić information content (AvgIpc) is 3.33. The number of thiophene rings is 1. The molecule has 0 saturated carbocycles. The first-order valence-corrected chi connectivity index (χ1v) is 12.1. The molecule has 7 nitrogen and oxygen atoms in total. The summed E-state index contributed by atoms with van der Waals surface area (Å²) in [6, 6.07) is 5.47. The summed E-state index contributed by atoms with van der Waals surface area (Å²) in [7, 11) is -3.42. The highest BCUT2D eigenvalue weighted by Crippen LogP contribution is 2.30. The molecule has 27 heavy (non-hydrogen) atoms. The van der Waals surface area contributed by atoms with E-state index in [9.17, 15) is 8.42 Å². The molecule has 0 unspecified atom stereocenters. The van der Waals surface area contributed by atoms with Crippen LogP contribution in [0.1, 0.15) is 18.7 Å². The van der Waals surface area contributed by atoms with Gasteiger partial charge in [0, 0.05) is 45.3 Å². The van der Waals surface area contributed by atoms with E-state index in [1.807, 2.05) is 13.0 Å². The first-order chi connectivity index (χ1) is 12.9. The lowest BCUT2D eigenvalue weighted by Crippen LogP contribution is -2.48. The van der Waals surface area contributed by atoms with Crippen LogP contribution in [-0.4, -0.2) is 62.0 Å². The Kier molecular flexibility index (Phi) is 5.41. The summed E-state index contributed by atoms with van der Waals surface area (Å²) in [4.78, 5) is 13.6. The molecule has 2 saturated heterocycles. The Morgan fingerprint density at radius 3 is 2.11 bits per heavy atom. The highest BCUT2D eigenvalue weighted by atomic mass is 79.9. The van der Waals surface area contributed by atoms with Gasteiger partial charge in [-0.15, -0.1) is 11.3 Å². The Hall–Kier alpha value is -1.23. The minimum atomic E-state index is -3.42. The Balaban J connectivity index is 1.48. The summed E-state index contributed by atoms with van der Waals surface area (Å²) in [5, 5.41) is 0. The molecule has 0 spiro atoms. The predicted molar refractivity (Wildman–Crippen MR) is 111 cm³/mol. The fourth-order valence-corrected chi connectivity index (χ4v) is 7.11. The maximum Gasteiger partial charge on any atom is 0.252 e. The summed E-state index contributed by atoms with van der Waals surface area (Å²) in [6.45, 7) is 6.16. The zero-order valence-electron chi connectivity index (χ0n) is 15.1. The second-order valence-electron chi connectivity index (χ2n) is 6.78. The number of nitrogens with zero attached hydrogens (tertiary/aromatic N) is 5. The molecule has 2 aliphatic rings. The number of anilines is 2. The minimum absolute atomic E-state index is 0.386. The molecule has 4 heterocycles. The van der Waals surface area contributed by atoms with Gasteiger partial charge in [0.15, 0.2) is 0 Å². The van der Waals surface area contributed by atoms with Crippen LogP contribution in [0.2, 0.25) is 0 Å². The molecule has 0 bridgehead atoms. The van der Waals surface area contributed by atoms with Crippen molar-refractivity contribution in [2.75, 3.05) is 49.1 Å². The molecular formula is C17H22BrN5O2S2. The molecule has 10 heteroatoms. The second-order valence-corrected chi connectivity index (χ2v) is 11.4. The minimum Gasteiger partial charge on any atom is -0.356 e. The van der Waals surface area contributed by atoms with Gasteiger partial charge < -0.3 is 9.80 Å². The zero-order chi connectivity index (χ0) is 19.0. The summed E-state index contributed by atoms with van der Waals surface area (Å²) >= 11 is 4.59. The van der Waals surface area contributed by atoms with Crippen molar-refractivity contribution in [2.24, 2.45) is 0 Å². The largest absolute Gasteiger partial charge is 0.356 e. The number of hydrogen-bond acceptors (Lipinski definition) is 7. The van der Waals surface area contributed by atoms with E-state index in [4.69, 9.17) is 0 Å². The van der Waals surface area contributed by atoms with Crippen molar-refractivity contribution in [1.29, 1.82) is 0 Å². The van der Waals surface area contributed by atoms with E-state index in [1.165, 1.54) is 24.2 Å². The molecule has 146 valence electrons. The van der Waals surface area contributed by atoms with Gasteiger partial charge in [-0.2, -0.15) is 4.31 Å². The zero-order valence-corrected chi connectivity index (χ0v) is 18.4. The summed E-state index contributed by atoms with van der Waals surface area (Å²) in [5.74, 6) is 2.63. The molecule has 2 aliphatic heterocycles. The maximum absolute atomic E-state index is 12.8. The average molecular weight is 472 g/mol. The van der Waals surface area contributed by atoms with Crippen molar-refractivity contribution >= 4 is 48.9 Å². The van der Waals surface area contributed by atoms with Gasteiger partial charge in [0.2, 0.25) is 0 Å². The van der Waals surface area contributed by atoms with Crippen LogP contribution in [0.15, 0.2) is 26.2 Å². The number of halogens is 1. The van der Waals surface area contributed by atoms with Gasteiger partial charge in [0.1, 0.15) is 21.7 Å². The third kappa shape index (κ3) is 3.98. The molecule has 0 aliphatic carbocycles. The van der Waals surface area contributed by atoms with Gasteiger partial charge in [0.25, 0.3) is 10.0 Å². The molecule has 2 aromatic heterocycles. The van der Waals surface area contributed by atoms with Gasteiger partial charge in [-0.1, -0.05) is 0 Å². The van der Waals surface area contributed by atoms with Crippen LogP contribution < -0.4 is 9.80 Å². The number of aryl methyl sites for hydroxylation is 1.